The average molecular weight is 304 g/mol. The summed E-state index contributed by atoms with van der Waals surface area (Å²) in [6, 6.07) is 5.66. The Morgan fingerprint density at radius 2 is 2.11 bits per heavy atom. The molecule has 100 valence electrons. The van der Waals surface area contributed by atoms with E-state index in [1.165, 1.54) is 19.3 Å². The van der Waals surface area contributed by atoms with E-state index in [1.54, 1.807) is 0 Å². The van der Waals surface area contributed by atoms with Gasteiger partial charge in [-0.1, -0.05) is 36.5 Å². The minimum atomic E-state index is 0.565. The van der Waals surface area contributed by atoms with E-state index in [1.807, 2.05) is 30.0 Å². The first kappa shape index (κ1) is 14.5. The van der Waals surface area contributed by atoms with E-state index in [2.05, 4.69) is 6.92 Å². The van der Waals surface area contributed by atoms with Gasteiger partial charge in [0.1, 0.15) is 0 Å². The molecule has 0 amide bonds. The Hall–Kier alpha value is 0.110. The van der Waals surface area contributed by atoms with Crippen molar-refractivity contribution in [2.75, 3.05) is 6.54 Å². The molecule has 4 heteroatoms. The van der Waals surface area contributed by atoms with Crippen molar-refractivity contribution in [3.63, 3.8) is 0 Å². The van der Waals surface area contributed by atoms with E-state index in [0.717, 1.165) is 27.4 Å². The van der Waals surface area contributed by atoms with Crippen molar-refractivity contribution in [3.8, 4) is 0 Å². The maximum atomic E-state index is 6.23. The first-order valence-electron chi connectivity index (χ1n) is 6.42. The van der Waals surface area contributed by atoms with Crippen LogP contribution >= 0.6 is 35.0 Å². The van der Waals surface area contributed by atoms with Crippen LogP contribution in [-0.2, 0) is 0 Å². The molecule has 1 aromatic carbocycles. The topological polar surface area (TPSA) is 26.0 Å². The second kappa shape index (κ2) is 6.51. The van der Waals surface area contributed by atoms with E-state index in [0.29, 0.717) is 11.2 Å². The van der Waals surface area contributed by atoms with E-state index < -0.39 is 0 Å². The van der Waals surface area contributed by atoms with Gasteiger partial charge in [-0.2, -0.15) is 0 Å². The third kappa shape index (κ3) is 3.57. The van der Waals surface area contributed by atoms with Crippen LogP contribution in [0.4, 0.5) is 0 Å². The molecule has 3 atom stereocenters. The van der Waals surface area contributed by atoms with Crippen LogP contribution in [-0.4, -0.2) is 11.8 Å². The number of hydrogen-bond acceptors (Lipinski definition) is 2. The second-order valence-corrected chi connectivity index (χ2v) is 7.27. The highest BCUT2D eigenvalue weighted by molar-refractivity contribution is 8.00. The lowest BCUT2D eigenvalue weighted by molar-refractivity contribution is 0.306. The minimum Gasteiger partial charge on any atom is -0.330 e. The van der Waals surface area contributed by atoms with Gasteiger partial charge in [-0.15, -0.1) is 11.8 Å². The fraction of sp³-hybridized carbons (Fsp3) is 0.571. The molecule has 1 aliphatic carbocycles. The fourth-order valence-electron chi connectivity index (χ4n) is 2.54. The van der Waals surface area contributed by atoms with Crippen molar-refractivity contribution in [2.45, 2.75) is 36.3 Å². The molecule has 2 rings (SSSR count). The molecular formula is C14H19Cl2NS. The van der Waals surface area contributed by atoms with E-state index in [-0.39, 0.29) is 0 Å². The van der Waals surface area contributed by atoms with Crippen LogP contribution in [0.2, 0.25) is 10.0 Å². The van der Waals surface area contributed by atoms with Crippen molar-refractivity contribution in [2.24, 2.45) is 17.6 Å². The molecule has 0 aliphatic heterocycles. The predicted octanol–water partition coefficient (Wildman–Crippen LogP) is 4.85. The van der Waals surface area contributed by atoms with E-state index in [4.69, 9.17) is 28.9 Å². The van der Waals surface area contributed by atoms with Gasteiger partial charge in [-0.3, -0.25) is 0 Å². The quantitative estimate of drug-likeness (QED) is 0.864. The number of nitrogens with two attached hydrogens (primary N) is 1. The second-order valence-electron chi connectivity index (χ2n) is 5.15. The molecule has 0 heterocycles. The first-order valence-corrected chi connectivity index (χ1v) is 8.05. The van der Waals surface area contributed by atoms with Crippen molar-refractivity contribution >= 4 is 35.0 Å². The van der Waals surface area contributed by atoms with Crippen LogP contribution in [0, 0.1) is 11.8 Å². The Bertz CT molecular complexity index is 411. The summed E-state index contributed by atoms with van der Waals surface area (Å²) in [5.41, 5.74) is 5.89. The van der Waals surface area contributed by atoms with Gasteiger partial charge in [0.2, 0.25) is 0 Å². The number of benzene rings is 1. The van der Waals surface area contributed by atoms with Crippen molar-refractivity contribution in [1.82, 2.24) is 0 Å². The van der Waals surface area contributed by atoms with E-state index in [9.17, 15) is 0 Å². The zero-order chi connectivity index (χ0) is 13.1. The van der Waals surface area contributed by atoms with Gasteiger partial charge >= 0.3 is 0 Å². The first-order chi connectivity index (χ1) is 8.60. The lowest BCUT2D eigenvalue weighted by Gasteiger charge is -2.34. The smallest absolute Gasteiger partial charge is 0.0542 e. The van der Waals surface area contributed by atoms with Gasteiger partial charge in [-0.05, 0) is 49.4 Å². The SMILES string of the molecule is CC1CCC(CN)C(Sc2cc(Cl)ccc2Cl)C1. The monoisotopic (exact) mass is 303 g/mol. The third-order valence-corrected chi connectivity index (χ3v) is 5.81. The number of halogens is 2. The summed E-state index contributed by atoms with van der Waals surface area (Å²) in [6.07, 6.45) is 3.74. The lowest BCUT2D eigenvalue weighted by Crippen LogP contribution is -2.31. The summed E-state index contributed by atoms with van der Waals surface area (Å²) < 4.78 is 0. The van der Waals surface area contributed by atoms with Gasteiger partial charge in [0.15, 0.2) is 0 Å². The molecule has 18 heavy (non-hydrogen) atoms. The highest BCUT2D eigenvalue weighted by Gasteiger charge is 2.28. The molecule has 0 spiro atoms. The molecule has 0 bridgehead atoms. The van der Waals surface area contributed by atoms with Crippen LogP contribution in [0.1, 0.15) is 26.2 Å². The molecule has 0 saturated heterocycles. The van der Waals surface area contributed by atoms with Gasteiger partial charge in [-0.25, -0.2) is 0 Å². The Morgan fingerprint density at radius 1 is 1.33 bits per heavy atom. The Balaban J connectivity index is 2.12. The van der Waals surface area contributed by atoms with E-state index >= 15 is 0 Å². The molecule has 2 N–H and O–H groups in total. The molecule has 0 radical (unpaired) electrons. The summed E-state index contributed by atoms with van der Waals surface area (Å²) in [5, 5.41) is 2.10. The largest absolute Gasteiger partial charge is 0.330 e. The zero-order valence-electron chi connectivity index (χ0n) is 10.5. The zero-order valence-corrected chi connectivity index (χ0v) is 12.9. The van der Waals surface area contributed by atoms with Crippen LogP contribution < -0.4 is 5.73 Å². The van der Waals surface area contributed by atoms with Gasteiger partial charge in [0, 0.05) is 15.2 Å². The maximum absolute atomic E-state index is 6.23. The molecule has 1 aliphatic rings. The molecule has 1 aromatic rings. The molecule has 0 aromatic heterocycles. The van der Waals surface area contributed by atoms with Crippen molar-refractivity contribution in [1.29, 1.82) is 0 Å². The van der Waals surface area contributed by atoms with Gasteiger partial charge < -0.3 is 5.73 Å². The Labute approximate surface area is 123 Å². The maximum Gasteiger partial charge on any atom is 0.0542 e. The summed E-state index contributed by atoms with van der Waals surface area (Å²) >= 11 is 14.1. The summed E-state index contributed by atoms with van der Waals surface area (Å²) in [4.78, 5) is 1.08. The molecule has 1 saturated carbocycles. The summed E-state index contributed by atoms with van der Waals surface area (Å²) in [5.74, 6) is 1.38. The minimum absolute atomic E-state index is 0.565. The van der Waals surface area contributed by atoms with Crippen LogP contribution in [0.15, 0.2) is 23.1 Å². The average Bonchev–Trinajstić information content (AvgIpc) is 2.34. The fourth-order valence-corrected chi connectivity index (χ4v) is 4.59. The number of rotatable bonds is 3. The molecule has 1 fully saturated rings. The molecular weight excluding hydrogens is 285 g/mol. The highest BCUT2D eigenvalue weighted by atomic mass is 35.5. The van der Waals surface area contributed by atoms with Gasteiger partial charge in [0.05, 0.1) is 5.02 Å². The summed E-state index contributed by atoms with van der Waals surface area (Å²) in [7, 11) is 0. The lowest BCUT2D eigenvalue weighted by atomic mass is 9.82. The third-order valence-electron chi connectivity index (χ3n) is 3.67. The van der Waals surface area contributed by atoms with Crippen molar-refractivity contribution in [3.05, 3.63) is 28.2 Å². The summed E-state index contributed by atoms with van der Waals surface area (Å²) in [6.45, 7) is 3.09. The van der Waals surface area contributed by atoms with Crippen LogP contribution in [0.5, 0.6) is 0 Å². The Kier molecular flexibility index (Phi) is 5.25. The standard InChI is InChI=1S/C14H19Cl2NS/c1-9-2-3-10(8-17)13(6-9)18-14-7-11(15)4-5-12(14)16/h4-5,7,9-10,13H,2-3,6,8,17H2,1H3. The number of hydrogen-bond donors (Lipinski definition) is 1. The molecule has 1 nitrogen and oxygen atoms in total. The highest BCUT2D eigenvalue weighted by Crippen LogP contribution is 2.42. The normalized spacial score (nSPS) is 28.3. The van der Waals surface area contributed by atoms with Gasteiger partial charge in [0.25, 0.3) is 0 Å². The van der Waals surface area contributed by atoms with Crippen LogP contribution in [0.25, 0.3) is 0 Å². The van der Waals surface area contributed by atoms with Crippen LogP contribution in [0.3, 0.4) is 0 Å². The predicted molar refractivity (Wildman–Crippen MR) is 81.7 cm³/mol. The van der Waals surface area contributed by atoms with Crippen molar-refractivity contribution < 1.29 is 0 Å². The Morgan fingerprint density at radius 3 is 2.83 bits per heavy atom. The number of thioether (sulfide) groups is 1. The molecule has 3 unspecified atom stereocenters.